The lowest BCUT2D eigenvalue weighted by Gasteiger charge is -2.11. The smallest absolute Gasteiger partial charge is 0.343 e. The molecule has 2 aromatic carbocycles. The number of hydrogen-bond acceptors (Lipinski definition) is 6. The lowest BCUT2D eigenvalue weighted by molar-refractivity contribution is -0.115. The molecule has 0 aliphatic carbocycles. The number of amides is 1. The summed E-state index contributed by atoms with van der Waals surface area (Å²) in [5, 5.41) is 2.57. The molecule has 0 spiro atoms. The molecule has 1 amide bonds. The van der Waals surface area contributed by atoms with Crippen LogP contribution in [0.4, 0.5) is 0 Å². The third-order valence-corrected chi connectivity index (χ3v) is 4.86. The van der Waals surface area contributed by atoms with Crippen LogP contribution in [0.1, 0.15) is 28.4 Å². The molecule has 1 heterocycles. The van der Waals surface area contributed by atoms with Crippen LogP contribution in [0.3, 0.4) is 0 Å². The Balaban J connectivity index is 1.84. The summed E-state index contributed by atoms with van der Waals surface area (Å²) in [6.07, 6.45) is 1.72. The van der Waals surface area contributed by atoms with Gasteiger partial charge in [0.15, 0.2) is 11.5 Å². The van der Waals surface area contributed by atoms with Crippen molar-refractivity contribution in [3.05, 3.63) is 64.1 Å². The summed E-state index contributed by atoms with van der Waals surface area (Å²) in [5.41, 5.74) is 2.27. The number of nitrogens with one attached hydrogen (secondary N) is 1. The largest absolute Gasteiger partial charge is 0.490 e. The fourth-order valence-corrected chi connectivity index (χ4v) is 3.43. The van der Waals surface area contributed by atoms with E-state index in [1.165, 1.54) is 11.8 Å². The summed E-state index contributed by atoms with van der Waals surface area (Å²) in [7, 11) is 0. The molecule has 0 saturated carbocycles. The number of ether oxygens (including phenoxy) is 2. The Labute approximate surface area is 166 Å². The Kier molecular flexibility index (Phi) is 5.93. The van der Waals surface area contributed by atoms with Crippen molar-refractivity contribution in [2.45, 2.75) is 13.8 Å². The maximum absolute atomic E-state index is 12.4. The molecular weight excluding hydrogens is 382 g/mol. The third kappa shape index (κ3) is 4.75. The Morgan fingerprint density at radius 3 is 2.56 bits per heavy atom. The molecular formula is C20H17NO4S2. The predicted molar refractivity (Wildman–Crippen MR) is 110 cm³/mol. The van der Waals surface area contributed by atoms with Crippen LogP contribution >= 0.6 is 24.0 Å². The van der Waals surface area contributed by atoms with Gasteiger partial charge in [0.2, 0.25) is 0 Å². The van der Waals surface area contributed by atoms with Gasteiger partial charge < -0.3 is 14.8 Å². The van der Waals surface area contributed by atoms with Gasteiger partial charge in [-0.3, -0.25) is 4.79 Å². The van der Waals surface area contributed by atoms with Crippen molar-refractivity contribution in [3.63, 3.8) is 0 Å². The van der Waals surface area contributed by atoms with Gasteiger partial charge in [0.1, 0.15) is 4.32 Å². The topological polar surface area (TPSA) is 64.6 Å². The van der Waals surface area contributed by atoms with Crippen molar-refractivity contribution in [1.29, 1.82) is 0 Å². The lowest BCUT2D eigenvalue weighted by atomic mass is 10.1. The summed E-state index contributed by atoms with van der Waals surface area (Å²) < 4.78 is 11.5. The van der Waals surface area contributed by atoms with Gasteiger partial charge in [0, 0.05) is 0 Å². The molecule has 5 nitrogen and oxygen atoms in total. The van der Waals surface area contributed by atoms with Crippen LogP contribution in [0.25, 0.3) is 6.08 Å². The Hall–Kier alpha value is -2.64. The summed E-state index contributed by atoms with van der Waals surface area (Å²) in [6.45, 7) is 4.20. The van der Waals surface area contributed by atoms with Gasteiger partial charge in [-0.2, -0.15) is 0 Å². The first kappa shape index (κ1) is 19.1. The SMILES string of the molecule is CCOc1cc(C=C2SC(=S)NC2=O)ccc1OC(=O)c1ccc(C)cc1. The molecule has 27 heavy (non-hydrogen) atoms. The highest BCUT2D eigenvalue weighted by atomic mass is 32.2. The van der Waals surface area contributed by atoms with E-state index in [1.807, 2.05) is 26.0 Å². The molecule has 1 saturated heterocycles. The van der Waals surface area contributed by atoms with Crippen molar-refractivity contribution in [2.75, 3.05) is 6.61 Å². The van der Waals surface area contributed by atoms with Crippen LogP contribution in [-0.2, 0) is 4.79 Å². The molecule has 0 aromatic heterocycles. The van der Waals surface area contributed by atoms with Gasteiger partial charge in [-0.05, 0) is 49.8 Å². The lowest BCUT2D eigenvalue weighted by Crippen LogP contribution is -2.17. The molecule has 1 aliphatic rings. The van der Waals surface area contributed by atoms with E-state index < -0.39 is 5.97 Å². The minimum atomic E-state index is -0.460. The quantitative estimate of drug-likeness (QED) is 0.353. The Morgan fingerprint density at radius 2 is 1.93 bits per heavy atom. The summed E-state index contributed by atoms with van der Waals surface area (Å²) in [5.74, 6) is 0.0675. The van der Waals surface area contributed by atoms with Crippen molar-refractivity contribution in [3.8, 4) is 11.5 Å². The van der Waals surface area contributed by atoms with Crippen LogP contribution in [0.5, 0.6) is 11.5 Å². The number of hydrogen-bond donors (Lipinski definition) is 1. The van der Waals surface area contributed by atoms with E-state index in [0.29, 0.717) is 32.9 Å². The van der Waals surface area contributed by atoms with Crippen molar-refractivity contribution in [1.82, 2.24) is 5.32 Å². The number of esters is 1. The number of carbonyl (C=O) groups is 2. The van der Waals surface area contributed by atoms with Crippen LogP contribution in [0.15, 0.2) is 47.4 Å². The van der Waals surface area contributed by atoms with E-state index in [1.54, 1.807) is 36.4 Å². The van der Waals surface area contributed by atoms with E-state index in [0.717, 1.165) is 11.1 Å². The van der Waals surface area contributed by atoms with Gasteiger partial charge in [-0.25, -0.2) is 4.79 Å². The number of rotatable bonds is 5. The van der Waals surface area contributed by atoms with Gasteiger partial charge in [-0.15, -0.1) is 0 Å². The third-order valence-electron chi connectivity index (χ3n) is 3.70. The zero-order valence-electron chi connectivity index (χ0n) is 14.8. The highest BCUT2D eigenvalue weighted by Crippen LogP contribution is 2.32. The molecule has 1 fully saturated rings. The van der Waals surface area contributed by atoms with Crippen molar-refractivity contribution >= 4 is 46.3 Å². The molecule has 0 atom stereocenters. The fraction of sp³-hybridized carbons (Fsp3) is 0.150. The number of aryl methyl sites for hydroxylation is 1. The van der Waals surface area contributed by atoms with Crippen molar-refractivity contribution < 1.29 is 19.1 Å². The minimum absolute atomic E-state index is 0.224. The molecule has 0 radical (unpaired) electrons. The molecule has 0 bridgehead atoms. The number of thioether (sulfide) groups is 1. The number of benzene rings is 2. The van der Waals surface area contributed by atoms with Gasteiger partial charge >= 0.3 is 5.97 Å². The van der Waals surface area contributed by atoms with E-state index in [9.17, 15) is 9.59 Å². The maximum atomic E-state index is 12.4. The monoisotopic (exact) mass is 399 g/mol. The first-order chi connectivity index (χ1) is 13.0. The number of thiocarbonyl (C=S) groups is 1. The van der Waals surface area contributed by atoms with Crippen LogP contribution in [0, 0.1) is 6.92 Å². The predicted octanol–water partition coefficient (Wildman–Crippen LogP) is 4.10. The molecule has 3 rings (SSSR count). The molecule has 1 N–H and O–H groups in total. The van der Waals surface area contributed by atoms with E-state index >= 15 is 0 Å². The highest BCUT2D eigenvalue weighted by Gasteiger charge is 2.22. The zero-order valence-corrected chi connectivity index (χ0v) is 16.4. The van der Waals surface area contributed by atoms with Gasteiger partial charge in [0.05, 0.1) is 17.1 Å². The molecule has 0 unspecified atom stereocenters. The van der Waals surface area contributed by atoms with Gasteiger partial charge in [0.25, 0.3) is 5.91 Å². The van der Waals surface area contributed by atoms with E-state index in [4.69, 9.17) is 21.7 Å². The van der Waals surface area contributed by atoms with Crippen molar-refractivity contribution in [2.24, 2.45) is 0 Å². The molecule has 138 valence electrons. The second-order valence-corrected chi connectivity index (χ2v) is 7.47. The molecule has 1 aliphatic heterocycles. The van der Waals surface area contributed by atoms with Crippen LogP contribution in [0.2, 0.25) is 0 Å². The maximum Gasteiger partial charge on any atom is 0.343 e. The molecule has 2 aromatic rings. The summed E-state index contributed by atoms with van der Waals surface area (Å²) in [6, 6.07) is 12.3. The first-order valence-corrected chi connectivity index (χ1v) is 9.49. The summed E-state index contributed by atoms with van der Waals surface area (Å²) >= 11 is 6.19. The Bertz CT molecular complexity index is 935. The second kappa shape index (κ2) is 8.37. The van der Waals surface area contributed by atoms with Crippen LogP contribution in [-0.4, -0.2) is 22.8 Å². The fourth-order valence-electron chi connectivity index (χ4n) is 2.39. The highest BCUT2D eigenvalue weighted by molar-refractivity contribution is 8.26. The number of carbonyl (C=O) groups excluding carboxylic acids is 2. The molecule has 7 heteroatoms. The summed E-state index contributed by atoms with van der Waals surface area (Å²) in [4.78, 5) is 24.7. The average molecular weight is 399 g/mol. The average Bonchev–Trinajstić information content (AvgIpc) is 2.95. The van der Waals surface area contributed by atoms with E-state index in [2.05, 4.69) is 5.32 Å². The Morgan fingerprint density at radius 1 is 1.19 bits per heavy atom. The standard InChI is InChI=1S/C20H17NO4S2/c1-3-24-16-10-13(11-17-18(22)21-20(26)27-17)6-9-15(16)25-19(23)14-7-4-12(2)5-8-14/h4-11H,3H2,1-2H3,(H,21,22,26). The normalized spacial score (nSPS) is 15.0. The zero-order chi connectivity index (χ0) is 19.4. The second-order valence-electron chi connectivity index (χ2n) is 5.75. The first-order valence-electron chi connectivity index (χ1n) is 8.27. The minimum Gasteiger partial charge on any atom is -0.490 e. The van der Waals surface area contributed by atoms with Crippen LogP contribution < -0.4 is 14.8 Å². The van der Waals surface area contributed by atoms with E-state index in [-0.39, 0.29) is 5.91 Å². The van der Waals surface area contributed by atoms with Gasteiger partial charge in [-0.1, -0.05) is 47.7 Å².